The van der Waals surface area contributed by atoms with Crippen molar-refractivity contribution < 1.29 is 19.4 Å². The Hall–Kier alpha value is -2.04. The fourth-order valence-electron chi connectivity index (χ4n) is 1.63. The minimum Gasteiger partial charge on any atom is -0.481 e. The third kappa shape index (κ3) is 5.90. The maximum atomic E-state index is 11.4. The van der Waals surface area contributed by atoms with E-state index in [1.54, 1.807) is 0 Å². The van der Waals surface area contributed by atoms with E-state index in [1.165, 1.54) is 5.56 Å². The number of aliphatic carboxylic acids is 1. The molecule has 1 amide bonds. The number of ether oxygens (including phenoxy) is 1. The number of carbonyl (C=O) groups is 2. The number of benzene rings is 1. The zero-order chi connectivity index (χ0) is 14.3. The van der Waals surface area contributed by atoms with Crippen molar-refractivity contribution in [2.45, 2.75) is 33.3 Å². The number of alkyl carbamates (subject to hydrolysis) is 1. The third-order valence-electron chi connectivity index (χ3n) is 2.69. The number of aryl methyl sites for hydroxylation is 2. The molecule has 0 saturated carbocycles. The molecule has 1 aromatic rings. The second kappa shape index (κ2) is 7.41. The van der Waals surface area contributed by atoms with Gasteiger partial charge >= 0.3 is 12.1 Å². The van der Waals surface area contributed by atoms with Crippen molar-refractivity contribution >= 4 is 12.1 Å². The lowest BCUT2D eigenvalue weighted by atomic mass is 10.1. The molecule has 0 aliphatic carbocycles. The van der Waals surface area contributed by atoms with Gasteiger partial charge in [0.05, 0.1) is 0 Å². The molecule has 0 aromatic heterocycles. The van der Waals surface area contributed by atoms with Crippen molar-refractivity contribution in [3.05, 3.63) is 34.9 Å². The summed E-state index contributed by atoms with van der Waals surface area (Å²) in [6.07, 6.45) is -0.0870. The van der Waals surface area contributed by atoms with Gasteiger partial charge in [0.15, 0.2) is 0 Å². The van der Waals surface area contributed by atoms with Crippen molar-refractivity contribution in [2.24, 2.45) is 0 Å². The standard InChI is InChI=1S/C14H19NO4/c1-10-5-6-12(11(2)8-10)9-19-14(18)15-7-3-4-13(16)17/h5-6,8H,3-4,7,9H2,1-2H3,(H,15,18)(H,16,17). The first-order valence-corrected chi connectivity index (χ1v) is 6.17. The quantitative estimate of drug-likeness (QED) is 0.774. The molecule has 0 fully saturated rings. The Balaban J connectivity index is 2.28. The number of carbonyl (C=O) groups excluding carboxylic acids is 1. The normalized spacial score (nSPS) is 10.0. The molecule has 0 saturated heterocycles. The smallest absolute Gasteiger partial charge is 0.407 e. The van der Waals surface area contributed by atoms with E-state index in [0.717, 1.165) is 11.1 Å². The number of hydrogen-bond donors (Lipinski definition) is 2. The van der Waals surface area contributed by atoms with Gasteiger partial charge in [-0.15, -0.1) is 0 Å². The first kappa shape index (κ1) is 15.0. The summed E-state index contributed by atoms with van der Waals surface area (Å²) in [5.74, 6) is -0.870. The molecule has 19 heavy (non-hydrogen) atoms. The number of rotatable bonds is 6. The van der Waals surface area contributed by atoms with Gasteiger partial charge in [-0.05, 0) is 31.4 Å². The molecule has 1 aromatic carbocycles. The highest BCUT2D eigenvalue weighted by molar-refractivity contribution is 5.68. The molecule has 0 radical (unpaired) electrons. The van der Waals surface area contributed by atoms with Crippen LogP contribution < -0.4 is 5.32 Å². The lowest BCUT2D eigenvalue weighted by molar-refractivity contribution is -0.137. The summed E-state index contributed by atoms with van der Waals surface area (Å²) in [4.78, 5) is 21.6. The van der Waals surface area contributed by atoms with Gasteiger partial charge in [0, 0.05) is 13.0 Å². The molecule has 0 bridgehead atoms. The minimum absolute atomic E-state index is 0.0390. The average molecular weight is 265 g/mol. The van der Waals surface area contributed by atoms with Gasteiger partial charge in [0.1, 0.15) is 6.61 Å². The molecule has 5 heteroatoms. The first-order valence-electron chi connectivity index (χ1n) is 6.17. The van der Waals surface area contributed by atoms with Crippen LogP contribution in [0.3, 0.4) is 0 Å². The molecule has 0 spiro atoms. The molecular formula is C14H19NO4. The zero-order valence-electron chi connectivity index (χ0n) is 11.2. The Morgan fingerprint density at radius 2 is 2.05 bits per heavy atom. The van der Waals surface area contributed by atoms with E-state index < -0.39 is 12.1 Å². The van der Waals surface area contributed by atoms with Crippen LogP contribution in [-0.4, -0.2) is 23.7 Å². The first-order chi connectivity index (χ1) is 8.99. The predicted molar refractivity (Wildman–Crippen MR) is 71.0 cm³/mol. The van der Waals surface area contributed by atoms with E-state index in [0.29, 0.717) is 13.0 Å². The van der Waals surface area contributed by atoms with Gasteiger partial charge in [-0.2, -0.15) is 0 Å². The topological polar surface area (TPSA) is 75.6 Å². The molecule has 1 rings (SSSR count). The Morgan fingerprint density at radius 1 is 1.32 bits per heavy atom. The van der Waals surface area contributed by atoms with Crippen molar-refractivity contribution in [3.63, 3.8) is 0 Å². The van der Waals surface area contributed by atoms with E-state index in [2.05, 4.69) is 5.32 Å². The Bertz CT molecular complexity index is 457. The van der Waals surface area contributed by atoms with Gasteiger partial charge in [0.2, 0.25) is 0 Å². The maximum absolute atomic E-state index is 11.4. The summed E-state index contributed by atoms with van der Waals surface area (Å²) in [7, 11) is 0. The minimum atomic E-state index is -0.870. The lowest BCUT2D eigenvalue weighted by Gasteiger charge is -2.09. The van der Waals surface area contributed by atoms with Crippen LogP contribution in [0.1, 0.15) is 29.5 Å². The Labute approximate surface area is 112 Å². The van der Waals surface area contributed by atoms with Crippen LogP contribution in [0.4, 0.5) is 4.79 Å². The second-order valence-electron chi connectivity index (χ2n) is 4.43. The highest BCUT2D eigenvalue weighted by Gasteiger charge is 2.05. The number of hydrogen-bond acceptors (Lipinski definition) is 3. The van der Waals surface area contributed by atoms with E-state index in [9.17, 15) is 9.59 Å². The van der Waals surface area contributed by atoms with E-state index in [-0.39, 0.29) is 13.0 Å². The highest BCUT2D eigenvalue weighted by Crippen LogP contribution is 2.11. The number of carboxylic acid groups (broad SMARTS) is 1. The zero-order valence-corrected chi connectivity index (χ0v) is 11.2. The van der Waals surface area contributed by atoms with Crippen LogP contribution in [0, 0.1) is 13.8 Å². The molecule has 104 valence electrons. The fraction of sp³-hybridized carbons (Fsp3) is 0.429. The van der Waals surface area contributed by atoms with E-state index >= 15 is 0 Å². The van der Waals surface area contributed by atoms with Crippen molar-refractivity contribution in [1.29, 1.82) is 0 Å². The molecule has 0 aliphatic rings. The SMILES string of the molecule is Cc1ccc(COC(=O)NCCCC(=O)O)c(C)c1. The molecule has 2 N–H and O–H groups in total. The monoisotopic (exact) mass is 265 g/mol. The number of nitrogens with one attached hydrogen (secondary N) is 1. The molecule has 5 nitrogen and oxygen atoms in total. The largest absolute Gasteiger partial charge is 0.481 e. The Kier molecular flexibility index (Phi) is 5.85. The predicted octanol–water partition coefficient (Wildman–Crippen LogP) is 2.39. The highest BCUT2D eigenvalue weighted by atomic mass is 16.5. The second-order valence-corrected chi connectivity index (χ2v) is 4.43. The van der Waals surface area contributed by atoms with Gasteiger partial charge in [-0.25, -0.2) is 4.79 Å². The fourth-order valence-corrected chi connectivity index (χ4v) is 1.63. The van der Waals surface area contributed by atoms with Gasteiger partial charge < -0.3 is 15.2 Å². The third-order valence-corrected chi connectivity index (χ3v) is 2.69. The molecule has 0 heterocycles. The summed E-state index contributed by atoms with van der Waals surface area (Å²) in [5.41, 5.74) is 3.21. The van der Waals surface area contributed by atoms with Crippen LogP contribution >= 0.6 is 0 Å². The summed E-state index contributed by atoms with van der Waals surface area (Å²) >= 11 is 0. The van der Waals surface area contributed by atoms with Crippen LogP contribution in [0.5, 0.6) is 0 Å². The van der Waals surface area contributed by atoms with Crippen LogP contribution in [-0.2, 0) is 16.1 Å². The van der Waals surface area contributed by atoms with E-state index in [4.69, 9.17) is 9.84 Å². The van der Waals surface area contributed by atoms with Gasteiger partial charge in [-0.3, -0.25) is 4.79 Å². The molecular weight excluding hydrogens is 246 g/mol. The van der Waals surface area contributed by atoms with Crippen molar-refractivity contribution in [2.75, 3.05) is 6.54 Å². The molecule has 0 atom stereocenters. The number of amides is 1. The summed E-state index contributed by atoms with van der Waals surface area (Å²) in [6, 6.07) is 5.93. The van der Waals surface area contributed by atoms with Crippen molar-refractivity contribution in [3.8, 4) is 0 Å². The summed E-state index contributed by atoms with van der Waals surface area (Å²) in [5, 5.41) is 11.0. The Morgan fingerprint density at radius 3 is 2.68 bits per heavy atom. The lowest BCUT2D eigenvalue weighted by Crippen LogP contribution is -2.25. The van der Waals surface area contributed by atoms with Crippen molar-refractivity contribution in [1.82, 2.24) is 5.32 Å². The van der Waals surface area contributed by atoms with Gasteiger partial charge in [0.25, 0.3) is 0 Å². The molecule has 0 aliphatic heterocycles. The van der Waals surface area contributed by atoms with Crippen LogP contribution in [0.2, 0.25) is 0 Å². The van der Waals surface area contributed by atoms with Crippen LogP contribution in [0.25, 0.3) is 0 Å². The molecule has 0 unspecified atom stereocenters. The summed E-state index contributed by atoms with van der Waals surface area (Å²) in [6.45, 7) is 4.50. The van der Waals surface area contributed by atoms with Gasteiger partial charge in [-0.1, -0.05) is 23.8 Å². The average Bonchev–Trinajstić information content (AvgIpc) is 2.33. The maximum Gasteiger partial charge on any atom is 0.407 e. The summed E-state index contributed by atoms with van der Waals surface area (Å²) < 4.78 is 5.06. The number of carboxylic acids is 1. The van der Waals surface area contributed by atoms with E-state index in [1.807, 2.05) is 32.0 Å². The van der Waals surface area contributed by atoms with Crippen LogP contribution in [0.15, 0.2) is 18.2 Å².